The third kappa shape index (κ3) is 6.11. The van der Waals surface area contributed by atoms with Crippen LogP contribution in [0.25, 0.3) is 0 Å². The van der Waals surface area contributed by atoms with Crippen LogP contribution in [0.1, 0.15) is 17.8 Å². The molecule has 0 saturated heterocycles. The molecule has 8 nitrogen and oxygen atoms in total. The predicted molar refractivity (Wildman–Crippen MR) is 97.5 cm³/mol. The monoisotopic (exact) mass is 500 g/mol. The lowest BCUT2D eigenvalue weighted by molar-refractivity contribution is -0.384. The van der Waals surface area contributed by atoms with Gasteiger partial charge in [-0.15, -0.1) is 0 Å². The number of anilines is 1. The number of carbonyl (C=O) groups excluding carboxylic acids is 1. The zero-order chi connectivity index (χ0) is 22.6. The smallest absolute Gasteiger partial charge is 0.436 e. The number of alkyl halides is 5. The number of benzene rings is 1. The fourth-order valence-electron chi connectivity index (χ4n) is 2.36. The number of non-ortho nitro benzene ring substituents is 1. The second kappa shape index (κ2) is 9.36. The molecule has 0 aliphatic rings. The van der Waals surface area contributed by atoms with Crippen LogP contribution in [0.4, 0.5) is 33.3 Å². The summed E-state index contributed by atoms with van der Waals surface area (Å²) < 4.78 is 68.7. The molecular formula is C16H14BrF5N4O4. The van der Waals surface area contributed by atoms with E-state index in [4.69, 9.17) is 4.74 Å². The maximum absolute atomic E-state index is 12.9. The van der Waals surface area contributed by atoms with Crippen molar-refractivity contribution in [3.05, 3.63) is 44.2 Å². The lowest BCUT2D eigenvalue weighted by atomic mass is 10.2. The molecule has 0 atom stereocenters. The molecule has 1 aromatic carbocycles. The van der Waals surface area contributed by atoms with Crippen LogP contribution in [0.5, 0.6) is 5.75 Å². The van der Waals surface area contributed by atoms with E-state index in [1.807, 2.05) is 0 Å². The van der Waals surface area contributed by atoms with Crippen LogP contribution in [-0.2, 0) is 17.5 Å². The Hall–Kier alpha value is -2.77. The van der Waals surface area contributed by atoms with Crippen LogP contribution in [0.2, 0.25) is 0 Å². The second-order valence-corrected chi connectivity index (χ2v) is 6.73. The fraction of sp³-hybridized carbons (Fsp3) is 0.375. The van der Waals surface area contributed by atoms with Crippen molar-refractivity contribution in [2.45, 2.75) is 32.5 Å². The van der Waals surface area contributed by atoms with Crippen molar-refractivity contribution in [2.24, 2.45) is 0 Å². The molecule has 164 valence electrons. The number of nitrogens with one attached hydrogen (secondary N) is 1. The Morgan fingerprint density at radius 2 is 2.03 bits per heavy atom. The molecule has 2 rings (SSSR count). The van der Waals surface area contributed by atoms with Gasteiger partial charge in [0.1, 0.15) is 12.4 Å². The van der Waals surface area contributed by atoms with Gasteiger partial charge in [-0.1, -0.05) is 0 Å². The van der Waals surface area contributed by atoms with Gasteiger partial charge >= 0.3 is 6.18 Å². The van der Waals surface area contributed by atoms with E-state index in [1.54, 1.807) is 0 Å². The number of aromatic nitrogens is 2. The normalized spacial score (nSPS) is 11.6. The molecule has 0 fully saturated rings. The minimum atomic E-state index is -4.67. The quantitative estimate of drug-likeness (QED) is 0.325. The standard InChI is InChI=1S/C16H14BrF5N4O4/c1-8-14(17)15(16(20,21)22)24-25(8)3-2-13(27)23-9-4-10(26(28)29)6-11(5-9)30-7-12(18)19/h4-6,12H,2-3,7H2,1H3,(H,23,27). The van der Waals surface area contributed by atoms with E-state index in [9.17, 15) is 36.9 Å². The number of nitro groups is 1. The highest BCUT2D eigenvalue weighted by atomic mass is 79.9. The summed E-state index contributed by atoms with van der Waals surface area (Å²) in [6.07, 6.45) is -7.78. The van der Waals surface area contributed by atoms with E-state index < -0.39 is 41.4 Å². The van der Waals surface area contributed by atoms with Gasteiger partial charge in [0.2, 0.25) is 5.91 Å². The van der Waals surface area contributed by atoms with E-state index in [0.717, 1.165) is 22.9 Å². The highest BCUT2D eigenvalue weighted by Gasteiger charge is 2.37. The van der Waals surface area contributed by atoms with Crippen LogP contribution in [0.15, 0.2) is 22.7 Å². The molecule has 14 heteroatoms. The van der Waals surface area contributed by atoms with Gasteiger partial charge in [-0.25, -0.2) is 8.78 Å². The van der Waals surface area contributed by atoms with Gasteiger partial charge in [0.05, 0.1) is 33.4 Å². The summed E-state index contributed by atoms with van der Waals surface area (Å²) in [7, 11) is 0. The molecule has 0 bridgehead atoms. The molecule has 1 amide bonds. The molecule has 0 unspecified atom stereocenters. The molecule has 2 aromatic rings. The van der Waals surface area contributed by atoms with Crippen molar-refractivity contribution >= 4 is 33.2 Å². The number of hydrogen-bond acceptors (Lipinski definition) is 5. The molecule has 0 saturated carbocycles. The van der Waals surface area contributed by atoms with Gasteiger partial charge in [0.25, 0.3) is 12.1 Å². The van der Waals surface area contributed by atoms with E-state index in [1.165, 1.54) is 6.92 Å². The van der Waals surface area contributed by atoms with E-state index >= 15 is 0 Å². The number of ether oxygens (including phenoxy) is 1. The van der Waals surface area contributed by atoms with Gasteiger partial charge in [0, 0.05) is 18.6 Å². The minimum Gasteiger partial charge on any atom is -0.487 e. The first kappa shape index (κ1) is 23.5. The third-order valence-corrected chi connectivity index (χ3v) is 4.66. The number of hydrogen-bond donors (Lipinski definition) is 1. The summed E-state index contributed by atoms with van der Waals surface area (Å²) in [4.78, 5) is 22.3. The van der Waals surface area contributed by atoms with Gasteiger partial charge in [-0.05, 0) is 22.9 Å². The second-order valence-electron chi connectivity index (χ2n) is 5.94. The lowest BCUT2D eigenvalue weighted by Crippen LogP contribution is -2.16. The minimum absolute atomic E-state index is 0.0900. The summed E-state index contributed by atoms with van der Waals surface area (Å²) >= 11 is 2.82. The van der Waals surface area contributed by atoms with Crippen LogP contribution in [0, 0.1) is 17.0 Å². The summed E-state index contributed by atoms with van der Waals surface area (Å²) in [5.41, 5.74) is -1.56. The SMILES string of the molecule is Cc1c(Br)c(C(F)(F)F)nn1CCC(=O)Nc1cc(OCC(F)F)cc([N+](=O)[O-])c1. The summed E-state index contributed by atoms with van der Waals surface area (Å²) in [5.74, 6) is -0.934. The van der Waals surface area contributed by atoms with Gasteiger partial charge in [-0.3, -0.25) is 19.6 Å². The van der Waals surface area contributed by atoms with Crippen LogP contribution in [0.3, 0.4) is 0 Å². The molecule has 1 heterocycles. The Kier molecular flexibility index (Phi) is 7.34. The third-order valence-electron chi connectivity index (χ3n) is 3.71. The average molecular weight is 501 g/mol. The topological polar surface area (TPSA) is 99.3 Å². The van der Waals surface area contributed by atoms with Crippen molar-refractivity contribution < 1.29 is 36.4 Å². The Bertz CT molecular complexity index is 948. The van der Waals surface area contributed by atoms with Crippen molar-refractivity contribution in [1.29, 1.82) is 0 Å². The summed E-state index contributed by atoms with van der Waals surface area (Å²) in [5, 5.41) is 16.7. The van der Waals surface area contributed by atoms with Gasteiger partial charge in [-0.2, -0.15) is 18.3 Å². The molecule has 0 aliphatic carbocycles. The zero-order valence-corrected chi connectivity index (χ0v) is 16.8. The Balaban J connectivity index is 2.10. The molecule has 0 radical (unpaired) electrons. The molecule has 1 N–H and O–H groups in total. The number of amides is 1. The Morgan fingerprint density at radius 1 is 1.37 bits per heavy atom. The molecule has 1 aromatic heterocycles. The first-order valence-electron chi connectivity index (χ1n) is 8.19. The van der Waals surface area contributed by atoms with Crippen molar-refractivity contribution in [3.63, 3.8) is 0 Å². The van der Waals surface area contributed by atoms with Crippen LogP contribution < -0.4 is 10.1 Å². The van der Waals surface area contributed by atoms with Gasteiger partial charge in [0.15, 0.2) is 5.69 Å². The zero-order valence-electron chi connectivity index (χ0n) is 15.2. The molecule has 30 heavy (non-hydrogen) atoms. The van der Waals surface area contributed by atoms with E-state index in [2.05, 4.69) is 26.3 Å². The number of rotatable bonds is 8. The van der Waals surface area contributed by atoms with Crippen molar-refractivity contribution in [2.75, 3.05) is 11.9 Å². The van der Waals surface area contributed by atoms with Crippen molar-refractivity contribution in [1.82, 2.24) is 9.78 Å². The van der Waals surface area contributed by atoms with E-state index in [-0.39, 0.29) is 34.6 Å². The van der Waals surface area contributed by atoms with Gasteiger partial charge < -0.3 is 10.1 Å². The number of nitrogens with zero attached hydrogens (tertiary/aromatic N) is 3. The maximum Gasteiger partial charge on any atom is 0.436 e. The van der Waals surface area contributed by atoms with Crippen molar-refractivity contribution in [3.8, 4) is 5.75 Å². The fourth-order valence-corrected chi connectivity index (χ4v) is 2.87. The highest BCUT2D eigenvalue weighted by molar-refractivity contribution is 9.10. The number of aryl methyl sites for hydroxylation is 1. The van der Waals surface area contributed by atoms with E-state index in [0.29, 0.717) is 0 Å². The first-order chi connectivity index (χ1) is 13.9. The molecular weight excluding hydrogens is 487 g/mol. The molecule has 0 aliphatic heterocycles. The summed E-state index contributed by atoms with van der Waals surface area (Å²) in [6.45, 7) is 0.191. The Morgan fingerprint density at radius 3 is 2.57 bits per heavy atom. The Labute approximate surface area is 174 Å². The largest absolute Gasteiger partial charge is 0.487 e. The number of carbonyl (C=O) groups is 1. The number of halogens is 6. The van der Waals surface area contributed by atoms with Crippen LogP contribution in [-0.4, -0.2) is 33.6 Å². The summed E-state index contributed by atoms with van der Waals surface area (Å²) in [6, 6.07) is 3.02. The lowest BCUT2D eigenvalue weighted by Gasteiger charge is -2.10. The highest BCUT2D eigenvalue weighted by Crippen LogP contribution is 2.35. The number of nitro benzene ring substituents is 1. The maximum atomic E-state index is 12.9. The molecule has 0 spiro atoms. The average Bonchev–Trinajstić information content (AvgIpc) is 2.93. The first-order valence-corrected chi connectivity index (χ1v) is 8.98. The van der Waals surface area contributed by atoms with Crippen LogP contribution >= 0.6 is 15.9 Å². The predicted octanol–water partition coefficient (Wildman–Crippen LogP) is 4.55.